The Balaban J connectivity index is 1.67. The summed E-state index contributed by atoms with van der Waals surface area (Å²) in [6.45, 7) is 1.80. The van der Waals surface area contributed by atoms with Crippen molar-refractivity contribution in [3.63, 3.8) is 0 Å². The Hall–Kier alpha value is -1.88. The fourth-order valence-corrected chi connectivity index (χ4v) is 3.36. The zero-order valence-electron chi connectivity index (χ0n) is 11.9. The number of carbonyl (C=O) groups is 1. The van der Waals surface area contributed by atoms with Gasteiger partial charge in [-0.3, -0.25) is 4.79 Å². The average molecular weight is 301 g/mol. The van der Waals surface area contributed by atoms with Crippen LogP contribution in [0.5, 0.6) is 0 Å². The summed E-state index contributed by atoms with van der Waals surface area (Å²) in [5, 5.41) is 2.89. The molecule has 0 aliphatic carbocycles. The van der Waals surface area contributed by atoms with Gasteiger partial charge in [-0.15, -0.1) is 11.3 Å². The highest BCUT2D eigenvalue weighted by molar-refractivity contribution is 7.10. The highest BCUT2D eigenvalue weighted by Crippen LogP contribution is 2.23. The molecule has 1 amide bonds. The monoisotopic (exact) mass is 301 g/mol. The van der Waals surface area contributed by atoms with Crippen molar-refractivity contribution in [2.75, 3.05) is 18.8 Å². The van der Waals surface area contributed by atoms with Crippen LogP contribution in [-0.4, -0.2) is 28.9 Å². The molecule has 0 bridgehead atoms. The number of nitrogen functional groups attached to an aromatic ring is 1. The maximum Gasteiger partial charge on any atom is 0.229 e. The van der Waals surface area contributed by atoms with Crippen LogP contribution in [0.2, 0.25) is 0 Å². The summed E-state index contributed by atoms with van der Waals surface area (Å²) in [5.74, 6) is 0.202. The van der Waals surface area contributed by atoms with Crippen molar-refractivity contribution in [1.82, 2.24) is 9.88 Å². The fraction of sp³-hybridized carbons (Fsp3) is 0.375. The number of rotatable bonds is 3. The molecular weight excluding hydrogens is 282 g/mol. The third-order valence-electron chi connectivity index (χ3n) is 3.77. The van der Waals surface area contributed by atoms with Crippen LogP contribution in [0.15, 0.2) is 29.6 Å². The van der Waals surface area contributed by atoms with Crippen LogP contribution in [0.1, 0.15) is 24.3 Å². The molecule has 1 aromatic carbocycles. The fourth-order valence-electron chi connectivity index (χ4n) is 2.56. The lowest BCUT2D eigenvalue weighted by atomic mass is 10.1. The van der Waals surface area contributed by atoms with Gasteiger partial charge in [0.1, 0.15) is 5.01 Å². The van der Waals surface area contributed by atoms with E-state index in [-0.39, 0.29) is 5.91 Å². The Morgan fingerprint density at radius 2 is 1.90 bits per heavy atom. The van der Waals surface area contributed by atoms with Crippen molar-refractivity contribution in [3.8, 4) is 11.3 Å². The van der Waals surface area contributed by atoms with Crippen LogP contribution >= 0.6 is 11.3 Å². The van der Waals surface area contributed by atoms with E-state index in [2.05, 4.69) is 4.98 Å². The SMILES string of the molecule is Nc1ccc(-c2csc(CC(=O)N3CCCCC3)n2)cc1. The van der Waals surface area contributed by atoms with Gasteiger partial charge >= 0.3 is 0 Å². The summed E-state index contributed by atoms with van der Waals surface area (Å²) in [5.41, 5.74) is 8.39. The average Bonchev–Trinajstić information content (AvgIpc) is 2.97. The normalized spacial score (nSPS) is 15.1. The molecule has 0 spiro atoms. The summed E-state index contributed by atoms with van der Waals surface area (Å²) in [4.78, 5) is 18.8. The molecule has 1 saturated heterocycles. The predicted molar refractivity (Wildman–Crippen MR) is 86.1 cm³/mol. The third-order valence-corrected chi connectivity index (χ3v) is 4.62. The van der Waals surface area contributed by atoms with Crippen molar-refractivity contribution >= 4 is 22.9 Å². The van der Waals surface area contributed by atoms with E-state index in [9.17, 15) is 4.79 Å². The number of hydrogen-bond acceptors (Lipinski definition) is 4. The minimum atomic E-state index is 0.202. The van der Waals surface area contributed by atoms with E-state index in [4.69, 9.17) is 5.73 Å². The molecule has 1 aliphatic heterocycles. The van der Waals surface area contributed by atoms with Crippen LogP contribution in [0.3, 0.4) is 0 Å². The van der Waals surface area contributed by atoms with Crippen molar-refractivity contribution in [2.24, 2.45) is 0 Å². The number of likely N-dealkylation sites (tertiary alicyclic amines) is 1. The van der Waals surface area contributed by atoms with E-state index in [1.165, 1.54) is 6.42 Å². The van der Waals surface area contributed by atoms with Crippen LogP contribution < -0.4 is 5.73 Å². The lowest BCUT2D eigenvalue weighted by Gasteiger charge is -2.26. The second-order valence-corrected chi connectivity index (χ2v) is 6.31. The van der Waals surface area contributed by atoms with E-state index in [0.29, 0.717) is 6.42 Å². The second kappa shape index (κ2) is 6.26. The number of benzene rings is 1. The van der Waals surface area contributed by atoms with Gasteiger partial charge in [0.2, 0.25) is 5.91 Å². The largest absolute Gasteiger partial charge is 0.399 e. The molecule has 110 valence electrons. The van der Waals surface area contributed by atoms with E-state index in [0.717, 1.165) is 47.9 Å². The number of thiazole rings is 1. The van der Waals surface area contributed by atoms with E-state index >= 15 is 0 Å². The minimum Gasteiger partial charge on any atom is -0.399 e. The number of hydrogen-bond donors (Lipinski definition) is 1. The quantitative estimate of drug-likeness (QED) is 0.887. The van der Waals surface area contributed by atoms with Crippen molar-refractivity contribution in [1.29, 1.82) is 0 Å². The molecule has 1 fully saturated rings. The first kappa shape index (κ1) is 14.1. The van der Waals surface area contributed by atoms with Gasteiger partial charge in [0.15, 0.2) is 0 Å². The van der Waals surface area contributed by atoms with Gasteiger partial charge < -0.3 is 10.6 Å². The number of anilines is 1. The maximum atomic E-state index is 12.2. The Morgan fingerprint density at radius 1 is 1.19 bits per heavy atom. The Labute approximate surface area is 128 Å². The highest BCUT2D eigenvalue weighted by atomic mass is 32.1. The van der Waals surface area contributed by atoms with E-state index < -0.39 is 0 Å². The van der Waals surface area contributed by atoms with Crippen molar-refractivity contribution in [2.45, 2.75) is 25.7 Å². The summed E-state index contributed by atoms with van der Waals surface area (Å²) in [6.07, 6.45) is 3.91. The molecule has 2 heterocycles. The predicted octanol–water partition coefficient (Wildman–Crippen LogP) is 2.95. The molecule has 5 heteroatoms. The zero-order chi connectivity index (χ0) is 14.7. The van der Waals surface area contributed by atoms with Crippen LogP contribution in [-0.2, 0) is 11.2 Å². The third kappa shape index (κ3) is 3.42. The number of amides is 1. The summed E-state index contributed by atoms with van der Waals surface area (Å²) >= 11 is 1.55. The molecule has 3 rings (SSSR count). The molecule has 0 atom stereocenters. The molecule has 1 aromatic heterocycles. The zero-order valence-corrected chi connectivity index (χ0v) is 12.7. The van der Waals surface area contributed by atoms with Gasteiger partial charge in [0, 0.05) is 29.7 Å². The molecule has 2 aromatic rings. The molecule has 1 aliphatic rings. The molecule has 0 saturated carbocycles. The lowest BCUT2D eigenvalue weighted by molar-refractivity contribution is -0.131. The van der Waals surface area contributed by atoms with E-state index in [1.807, 2.05) is 34.5 Å². The number of nitrogens with zero attached hydrogens (tertiary/aromatic N) is 2. The van der Waals surface area contributed by atoms with Crippen LogP contribution in [0.25, 0.3) is 11.3 Å². The lowest BCUT2D eigenvalue weighted by Crippen LogP contribution is -2.36. The molecule has 4 nitrogen and oxygen atoms in total. The first-order chi connectivity index (χ1) is 10.2. The van der Waals surface area contributed by atoms with E-state index in [1.54, 1.807) is 11.3 Å². The number of nitrogens with two attached hydrogens (primary N) is 1. The Bertz CT molecular complexity index is 615. The van der Waals surface area contributed by atoms with Gasteiger partial charge in [-0.05, 0) is 31.4 Å². The van der Waals surface area contributed by atoms with Gasteiger partial charge in [-0.25, -0.2) is 4.98 Å². The molecule has 0 unspecified atom stereocenters. The first-order valence-corrected chi connectivity index (χ1v) is 8.18. The summed E-state index contributed by atoms with van der Waals surface area (Å²) in [7, 11) is 0. The number of carbonyl (C=O) groups excluding carboxylic acids is 1. The van der Waals surface area contributed by atoms with Gasteiger partial charge in [-0.2, -0.15) is 0 Å². The first-order valence-electron chi connectivity index (χ1n) is 7.30. The van der Waals surface area contributed by atoms with Crippen molar-refractivity contribution in [3.05, 3.63) is 34.7 Å². The molecule has 2 N–H and O–H groups in total. The summed E-state index contributed by atoms with van der Waals surface area (Å²) in [6, 6.07) is 7.65. The molecular formula is C16H19N3OS. The minimum absolute atomic E-state index is 0.202. The number of aromatic nitrogens is 1. The topological polar surface area (TPSA) is 59.2 Å². The second-order valence-electron chi connectivity index (χ2n) is 5.37. The van der Waals surface area contributed by atoms with Crippen LogP contribution in [0.4, 0.5) is 5.69 Å². The smallest absolute Gasteiger partial charge is 0.229 e. The Kier molecular flexibility index (Phi) is 4.20. The Morgan fingerprint density at radius 3 is 2.62 bits per heavy atom. The summed E-state index contributed by atoms with van der Waals surface area (Å²) < 4.78 is 0. The molecule has 21 heavy (non-hydrogen) atoms. The van der Waals surface area contributed by atoms with Crippen LogP contribution in [0, 0.1) is 0 Å². The van der Waals surface area contributed by atoms with Gasteiger partial charge in [-0.1, -0.05) is 12.1 Å². The standard InChI is InChI=1S/C16H19N3OS/c17-13-6-4-12(5-7-13)14-11-21-15(18-14)10-16(20)19-8-2-1-3-9-19/h4-7,11H,1-3,8-10,17H2. The maximum absolute atomic E-state index is 12.2. The molecule has 0 radical (unpaired) electrons. The van der Waals surface area contributed by atoms with Crippen molar-refractivity contribution < 1.29 is 4.79 Å². The van der Waals surface area contributed by atoms with Gasteiger partial charge in [0.05, 0.1) is 12.1 Å². The van der Waals surface area contributed by atoms with Gasteiger partial charge in [0.25, 0.3) is 0 Å². The highest BCUT2D eigenvalue weighted by Gasteiger charge is 2.18. The number of piperidine rings is 1.